The van der Waals surface area contributed by atoms with Crippen molar-refractivity contribution in [1.29, 1.82) is 0 Å². The van der Waals surface area contributed by atoms with Crippen LogP contribution in [0.4, 0.5) is 0 Å². The number of fused-ring (bicyclic) bond motifs is 1. The average Bonchev–Trinajstić information content (AvgIpc) is 3.23. The minimum atomic E-state index is -1.15. The van der Waals surface area contributed by atoms with Gasteiger partial charge in [-0.3, -0.25) is 14.4 Å². The highest BCUT2D eigenvalue weighted by Crippen LogP contribution is 2.19. The number of benzene rings is 2. The van der Waals surface area contributed by atoms with Crippen LogP contribution in [-0.4, -0.2) is 48.0 Å². The summed E-state index contributed by atoms with van der Waals surface area (Å²) in [6.45, 7) is 3.24. The van der Waals surface area contributed by atoms with Gasteiger partial charge in [0, 0.05) is 30.1 Å². The number of nitrogens with two attached hydrogens (primary N) is 1. The number of H-pyrrole nitrogens is 1. The molecule has 34 heavy (non-hydrogen) atoms. The van der Waals surface area contributed by atoms with Crippen molar-refractivity contribution >= 4 is 28.7 Å². The minimum absolute atomic E-state index is 0.0761. The molecule has 2 unspecified atom stereocenters. The van der Waals surface area contributed by atoms with Crippen molar-refractivity contribution < 1.29 is 19.1 Å². The number of methoxy groups -OCH3 is 1. The second-order valence-corrected chi connectivity index (χ2v) is 8.97. The quantitative estimate of drug-likeness (QED) is 0.342. The maximum atomic E-state index is 13.2. The van der Waals surface area contributed by atoms with Crippen molar-refractivity contribution in [2.75, 3.05) is 13.7 Å². The van der Waals surface area contributed by atoms with Gasteiger partial charge < -0.3 is 26.1 Å². The summed E-state index contributed by atoms with van der Waals surface area (Å²) in [5.74, 6) is -1.82. The first-order valence-corrected chi connectivity index (χ1v) is 11.2. The molecule has 3 rings (SSSR count). The highest BCUT2D eigenvalue weighted by molar-refractivity contribution is 5.92. The van der Waals surface area contributed by atoms with Crippen LogP contribution in [0.15, 0.2) is 60.8 Å². The van der Waals surface area contributed by atoms with E-state index in [1.807, 2.05) is 60.8 Å². The van der Waals surface area contributed by atoms with Gasteiger partial charge in [0.05, 0.1) is 18.6 Å². The largest absolute Gasteiger partial charge is 0.469 e. The monoisotopic (exact) mass is 464 g/mol. The lowest BCUT2D eigenvalue weighted by Gasteiger charge is -2.24. The molecule has 0 saturated heterocycles. The smallest absolute Gasteiger partial charge is 0.310 e. The molecule has 2 aromatic carbocycles. The Morgan fingerprint density at radius 3 is 2.38 bits per heavy atom. The predicted octanol–water partition coefficient (Wildman–Crippen LogP) is 2.08. The Morgan fingerprint density at radius 1 is 1.03 bits per heavy atom. The summed E-state index contributed by atoms with van der Waals surface area (Å²) in [7, 11) is 1.32. The SMILES string of the molecule is COC(=O)C(CNC(=O)C(Cc1c[nH]c2ccccc12)NC(=O)C(C)(C)N)Cc1ccccc1. The van der Waals surface area contributed by atoms with E-state index in [1.165, 1.54) is 7.11 Å². The lowest BCUT2D eigenvalue weighted by Crippen LogP contribution is -2.57. The Hall–Kier alpha value is -3.65. The molecule has 0 saturated carbocycles. The summed E-state index contributed by atoms with van der Waals surface area (Å²) in [5, 5.41) is 6.57. The lowest BCUT2D eigenvalue weighted by molar-refractivity contribution is -0.145. The van der Waals surface area contributed by atoms with Crippen LogP contribution in [-0.2, 0) is 32.0 Å². The number of ether oxygens (including phenoxy) is 1. The third-order valence-electron chi connectivity index (χ3n) is 5.69. The van der Waals surface area contributed by atoms with Crippen molar-refractivity contribution in [3.63, 3.8) is 0 Å². The number of carbonyl (C=O) groups is 3. The molecular weight excluding hydrogens is 432 g/mol. The Bertz CT molecular complexity index is 1130. The first-order chi connectivity index (χ1) is 16.2. The van der Waals surface area contributed by atoms with Crippen molar-refractivity contribution in [2.24, 2.45) is 11.7 Å². The molecular formula is C26H32N4O4. The Kier molecular flexibility index (Phi) is 8.07. The number of para-hydroxylation sites is 1. The van der Waals surface area contributed by atoms with Crippen molar-refractivity contribution in [2.45, 2.75) is 38.3 Å². The fourth-order valence-electron chi connectivity index (χ4n) is 3.73. The van der Waals surface area contributed by atoms with Gasteiger partial charge >= 0.3 is 5.97 Å². The van der Waals surface area contributed by atoms with Crippen LogP contribution in [0, 0.1) is 5.92 Å². The summed E-state index contributed by atoms with van der Waals surface area (Å²) < 4.78 is 4.94. The van der Waals surface area contributed by atoms with E-state index >= 15 is 0 Å². The number of nitrogens with one attached hydrogen (secondary N) is 3. The molecule has 0 bridgehead atoms. The highest BCUT2D eigenvalue weighted by Gasteiger charge is 2.30. The number of esters is 1. The number of rotatable bonds is 10. The van der Waals surface area contributed by atoms with Gasteiger partial charge in [-0.05, 0) is 37.5 Å². The molecule has 1 heterocycles. The van der Waals surface area contributed by atoms with Gasteiger partial charge in [0.2, 0.25) is 11.8 Å². The van der Waals surface area contributed by atoms with Gasteiger partial charge in [0.1, 0.15) is 6.04 Å². The van der Waals surface area contributed by atoms with E-state index < -0.39 is 35.3 Å². The van der Waals surface area contributed by atoms with Crippen LogP contribution in [0.25, 0.3) is 10.9 Å². The molecule has 5 N–H and O–H groups in total. The first kappa shape index (κ1) is 25.0. The molecule has 8 nitrogen and oxygen atoms in total. The summed E-state index contributed by atoms with van der Waals surface area (Å²) in [6, 6.07) is 16.4. The summed E-state index contributed by atoms with van der Waals surface area (Å²) >= 11 is 0. The van der Waals surface area contributed by atoms with E-state index in [2.05, 4.69) is 15.6 Å². The second kappa shape index (κ2) is 11.0. The van der Waals surface area contributed by atoms with Gasteiger partial charge in [0.15, 0.2) is 0 Å². The number of amides is 2. The van der Waals surface area contributed by atoms with Gasteiger partial charge in [-0.25, -0.2) is 0 Å². The van der Waals surface area contributed by atoms with E-state index in [0.29, 0.717) is 6.42 Å². The van der Waals surface area contributed by atoms with Gasteiger partial charge in [-0.2, -0.15) is 0 Å². The van der Waals surface area contributed by atoms with Crippen LogP contribution >= 0.6 is 0 Å². The number of aromatic amines is 1. The lowest BCUT2D eigenvalue weighted by atomic mass is 9.98. The fourth-order valence-corrected chi connectivity index (χ4v) is 3.73. The molecule has 3 aromatic rings. The molecule has 2 atom stereocenters. The number of hydrogen-bond acceptors (Lipinski definition) is 5. The zero-order chi connectivity index (χ0) is 24.7. The van der Waals surface area contributed by atoms with Crippen LogP contribution in [0.1, 0.15) is 25.0 Å². The van der Waals surface area contributed by atoms with Crippen LogP contribution in [0.5, 0.6) is 0 Å². The standard InChI is InChI=1S/C26H32N4O4/c1-26(2,27)25(33)30-22(14-18-15-28-21-12-8-7-11-20(18)21)23(31)29-16-19(24(32)34-3)13-17-9-5-4-6-10-17/h4-12,15,19,22,28H,13-14,16,27H2,1-3H3,(H,29,31)(H,30,33). The zero-order valence-electron chi connectivity index (χ0n) is 19.8. The van der Waals surface area contributed by atoms with E-state index in [4.69, 9.17) is 10.5 Å². The third kappa shape index (κ3) is 6.45. The maximum Gasteiger partial charge on any atom is 0.310 e. The van der Waals surface area contributed by atoms with Gasteiger partial charge in [-0.15, -0.1) is 0 Å². The molecule has 0 radical (unpaired) electrons. The van der Waals surface area contributed by atoms with Crippen molar-refractivity contribution in [3.8, 4) is 0 Å². The van der Waals surface area contributed by atoms with E-state index in [1.54, 1.807) is 13.8 Å². The normalized spacial score (nSPS) is 13.2. The molecule has 0 aliphatic rings. The molecule has 180 valence electrons. The Labute approximate surface area is 199 Å². The maximum absolute atomic E-state index is 13.2. The minimum Gasteiger partial charge on any atom is -0.469 e. The van der Waals surface area contributed by atoms with Gasteiger partial charge in [-0.1, -0.05) is 48.5 Å². The average molecular weight is 465 g/mol. The third-order valence-corrected chi connectivity index (χ3v) is 5.69. The number of hydrogen-bond donors (Lipinski definition) is 4. The number of carbonyl (C=O) groups excluding carboxylic acids is 3. The molecule has 0 spiro atoms. The van der Waals surface area contributed by atoms with E-state index in [0.717, 1.165) is 22.0 Å². The first-order valence-electron chi connectivity index (χ1n) is 11.2. The summed E-state index contributed by atoms with van der Waals surface area (Å²) in [6.07, 6.45) is 2.51. The van der Waals surface area contributed by atoms with Gasteiger partial charge in [0.25, 0.3) is 0 Å². The Morgan fingerprint density at radius 2 is 1.71 bits per heavy atom. The predicted molar refractivity (Wildman–Crippen MR) is 131 cm³/mol. The highest BCUT2D eigenvalue weighted by atomic mass is 16.5. The van der Waals surface area contributed by atoms with Crippen molar-refractivity contribution in [3.05, 3.63) is 71.9 Å². The molecule has 0 aliphatic heterocycles. The molecule has 8 heteroatoms. The van der Waals surface area contributed by atoms with E-state index in [-0.39, 0.29) is 13.0 Å². The molecule has 0 aliphatic carbocycles. The van der Waals surface area contributed by atoms with Crippen LogP contribution in [0.2, 0.25) is 0 Å². The number of aromatic nitrogens is 1. The second-order valence-electron chi connectivity index (χ2n) is 8.97. The molecule has 1 aromatic heterocycles. The van der Waals surface area contributed by atoms with E-state index in [9.17, 15) is 14.4 Å². The zero-order valence-corrected chi connectivity index (χ0v) is 19.8. The van der Waals surface area contributed by atoms with Crippen LogP contribution in [0.3, 0.4) is 0 Å². The topological polar surface area (TPSA) is 126 Å². The van der Waals surface area contributed by atoms with Crippen molar-refractivity contribution in [1.82, 2.24) is 15.6 Å². The molecule has 2 amide bonds. The summed E-state index contributed by atoms with van der Waals surface area (Å²) in [4.78, 5) is 41.3. The fraction of sp³-hybridized carbons (Fsp3) is 0.346. The molecule has 0 fully saturated rings. The van der Waals surface area contributed by atoms with Crippen LogP contribution < -0.4 is 16.4 Å². The Balaban J connectivity index is 1.76. The summed E-state index contributed by atoms with van der Waals surface area (Å²) in [5.41, 5.74) is 7.58.